The van der Waals surface area contributed by atoms with Crippen LogP contribution in [0.15, 0.2) is 36.9 Å². The molecule has 2 rings (SSSR count). The first-order valence-electron chi connectivity index (χ1n) is 6.59. The number of nitrogens with zero attached hydrogens (tertiary/aromatic N) is 2. The third kappa shape index (κ3) is 3.60. The van der Waals surface area contributed by atoms with Crippen LogP contribution < -0.4 is 10.1 Å². The zero-order valence-corrected chi connectivity index (χ0v) is 11.8. The Morgan fingerprint density at radius 2 is 2.30 bits per heavy atom. The van der Waals surface area contributed by atoms with Gasteiger partial charge in [0.15, 0.2) is 0 Å². The summed E-state index contributed by atoms with van der Waals surface area (Å²) in [6.45, 7) is 3.42. The first-order chi connectivity index (χ1) is 9.70. The first kappa shape index (κ1) is 14.1. The zero-order valence-electron chi connectivity index (χ0n) is 11.8. The molecular formula is C15H19N3O2. The number of carbonyl (C=O) groups is 1. The summed E-state index contributed by atoms with van der Waals surface area (Å²) >= 11 is 0. The van der Waals surface area contributed by atoms with Gasteiger partial charge in [-0.15, -0.1) is 0 Å². The van der Waals surface area contributed by atoms with E-state index < -0.39 is 0 Å². The highest BCUT2D eigenvalue weighted by molar-refractivity contribution is 5.94. The van der Waals surface area contributed by atoms with Gasteiger partial charge in [-0.05, 0) is 37.1 Å². The second-order valence-electron chi connectivity index (χ2n) is 4.59. The normalized spacial score (nSPS) is 10.3. The van der Waals surface area contributed by atoms with Gasteiger partial charge in [-0.3, -0.25) is 4.79 Å². The maximum Gasteiger partial charge on any atom is 0.251 e. The fourth-order valence-corrected chi connectivity index (χ4v) is 2.00. The Labute approximate surface area is 118 Å². The van der Waals surface area contributed by atoms with Gasteiger partial charge in [0.1, 0.15) is 5.75 Å². The molecule has 1 amide bonds. The zero-order chi connectivity index (χ0) is 14.4. The Morgan fingerprint density at radius 3 is 2.95 bits per heavy atom. The molecule has 0 spiro atoms. The van der Waals surface area contributed by atoms with Gasteiger partial charge in [0.2, 0.25) is 0 Å². The van der Waals surface area contributed by atoms with E-state index in [0.717, 1.165) is 24.3 Å². The van der Waals surface area contributed by atoms with Crippen LogP contribution in [0.25, 0.3) is 0 Å². The number of benzene rings is 1. The smallest absolute Gasteiger partial charge is 0.251 e. The fraction of sp³-hybridized carbons (Fsp3) is 0.333. The molecule has 5 nitrogen and oxygen atoms in total. The number of aryl methyl sites for hydroxylation is 2. The molecule has 106 valence electrons. The molecule has 0 aliphatic carbocycles. The van der Waals surface area contributed by atoms with Crippen LogP contribution in [0, 0.1) is 6.92 Å². The fourth-order valence-electron chi connectivity index (χ4n) is 2.00. The van der Waals surface area contributed by atoms with Crippen molar-refractivity contribution in [3.05, 3.63) is 48.0 Å². The van der Waals surface area contributed by atoms with Crippen molar-refractivity contribution in [3.8, 4) is 5.75 Å². The van der Waals surface area contributed by atoms with E-state index in [1.165, 1.54) is 0 Å². The minimum Gasteiger partial charge on any atom is -0.496 e. The number of methoxy groups -OCH3 is 1. The minimum atomic E-state index is -0.0543. The summed E-state index contributed by atoms with van der Waals surface area (Å²) in [5.74, 6) is 0.739. The molecule has 0 atom stereocenters. The molecule has 0 unspecified atom stereocenters. The molecule has 20 heavy (non-hydrogen) atoms. The predicted molar refractivity (Wildman–Crippen MR) is 76.9 cm³/mol. The highest BCUT2D eigenvalue weighted by Crippen LogP contribution is 2.18. The van der Waals surface area contributed by atoms with Crippen molar-refractivity contribution in [1.82, 2.24) is 14.9 Å². The molecule has 0 radical (unpaired) electrons. The number of rotatable bonds is 6. The number of nitrogens with one attached hydrogen (secondary N) is 1. The Hall–Kier alpha value is -2.30. The van der Waals surface area contributed by atoms with Crippen LogP contribution in [0.1, 0.15) is 22.3 Å². The topological polar surface area (TPSA) is 56.1 Å². The van der Waals surface area contributed by atoms with Crippen LogP contribution in [-0.4, -0.2) is 29.1 Å². The van der Waals surface area contributed by atoms with Gasteiger partial charge in [-0.2, -0.15) is 0 Å². The van der Waals surface area contributed by atoms with E-state index in [-0.39, 0.29) is 5.91 Å². The number of aromatic nitrogens is 2. The van der Waals surface area contributed by atoms with E-state index in [4.69, 9.17) is 4.74 Å². The number of ether oxygens (including phenoxy) is 1. The molecular weight excluding hydrogens is 254 g/mol. The Balaban J connectivity index is 1.81. The maximum absolute atomic E-state index is 12.0. The first-order valence-corrected chi connectivity index (χ1v) is 6.59. The number of hydrogen-bond acceptors (Lipinski definition) is 3. The largest absolute Gasteiger partial charge is 0.496 e. The highest BCUT2D eigenvalue weighted by atomic mass is 16.5. The number of imidazole rings is 1. The Bertz CT molecular complexity index is 565. The molecule has 1 aromatic heterocycles. The monoisotopic (exact) mass is 273 g/mol. The van der Waals surface area contributed by atoms with Crippen LogP contribution in [-0.2, 0) is 6.54 Å². The van der Waals surface area contributed by atoms with Crippen molar-refractivity contribution < 1.29 is 9.53 Å². The Kier molecular flexibility index (Phi) is 4.76. The van der Waals surface area contributed by atoms with E-state index in [1.807, 2.05) is 29.8 Å². The molecule has 1 heterocycles. The van der Waals surface area contributed by atoms with E-state index in [0.29, 0.717) is 12.1 Å². The summed E-state index contributed by atoms with van der Waals surface area (Å²) in [5.41, 5.74) is 1.62. The van der Waals surface area contributed by atoms with E-state index in [9.17, 15) is 4.79 Å². The second kappa shape index (κ2) is 6.75. The molecule has 0 aliphatic rings. The summed E-state index contributed by atoms with van der Waals surface area (Å²) in [4.78, 5) is 16.0. The lowest BCUT2D eigenvalue weighted by molar-refractivity contribution is 0.0952. The van der Waals surface area contributed by atoms with E-state index in [1.54, 1.807) is 25.7 Å². The summed E-state index contributed by atoms with van der Waals surface area (Å²) in [7, 11) is 1.62. The Morgan fingerprint density at radius 1 is 1.45 bits per heavy atom. The third-order valence-corrected chi connectivity index (χ3v) is 3.09. The van der Waals surface area contributed by atoms with Gasteiger partial charge in [-0.25, -0.2) is 4.98 Å². The predicted octanol–water partition coefficient (Wildman–Crippen LogP) is 2.02. The summed E-state index contributed by atoms with van der Waals surface area (Å²) in [6.07, 6.45) is 6.30. The molecule has 0 saturated heterocycles. The second-order valence-corrected chi connectivity index (χ2v) is 4.59. The van der Waals surface area contributed by atoms with Gasteiger partial charge in [0, 0.05) is 31.0 Å². The van der Waals surface area contributed by atoms with Crippen LogP contribution in [0.5, 0.6) is 5.75 Å². The third-order valence-electron chi connectivity index (χ3n) is 3.09. The summed E-state index contributed by atoms with van der Waals surface area (Å²) in [5, 5.41) is 2.91. The summed E-state index contributed by atoms with van der Waals surface area (Å²) < 4.78 is 7.17. The van der Waals surface area contributed by atoms with E-state index in [2.05, 4.69) is 10.3 Å². The van der Waals surface area contributed by atoms with Gasteiger partial charge >= 0.3 is 0 Å². The van der Waals surface area contributed by atoms with Crippen molar-refractivity contribution in [2.45, 2.75) is 19.9 Å². The van der Waals surface area contributed by atoms with Gasteiger partial charge in [0.25, 0.3) is 5.91 Å². The van der Waals surface area contributed by atoms with Gasteiger partial charge < -0.3 is 14.6 Å². The number of carbonyl (C=O) groups excluding carboxylic acids is 1. The molecule has 2 aromatic rings. The van der Waals surface area contributed by atoms with Crippen molar-refractivity contribution in [1.29, 1.82) is 0 Å². The minimum absolute atomic E-state index is 0.0543. The van der Waals surface area contributed by atoms with Crippen LogP contribution >= 0.6 is 0 Å². The quantitative estimate of drug-likeness (QED) is 0.819. The van der Waals surface area contributed by atoms with Crippen LogP contribution in [0.4, 0.5) is 0 Å². The van der Waals surface area contributed by atoms with Crippen molar-refractivity contribution >= 4 is 5.91 Å². The van der Waals surface area contributed by atoms with Gasteiger partial charge in [-0.1, -0.05) is 0 Å². The van der Waals surface area contributed by atoms with Gasteiger partial charge in [0.05, 0.1) is 13.4 Å². The highest BCUT2D eigenvalue weighted by Gasteiger charge is 2.07. The molecule has 0 aliphatic heterocycles. The van der Waals surface area contributed by atoms with Crippen molar-refractivity contribution in [2.75, 3.05) is 13.7 Å². The summed E-state index contributed by atoms with van der Waals surface area (Å²) in [6, 6.07) is 5.43. The number of hydrogen-bond donors (Lipinski definition) is 1. The average Bonchev–Trinajstić information content (AvgIpc) is 2.96. The lowest BCUT2D eigenvalue weighted by atomic mass is 10.1. The molecule has 0 saturated carbocycles. The number of amides is 1. The molecule has 0 fully saturated rings. The maximum atomic E-state index is 12.0. The average molecular weight is 273 g/mol. The lowest BCUT2D eigenvalue weighted by Gasteiger charge is -2.08. The van der Waals surface area contributed by atoms with Crippen LogP contribution in [0.3, 0.4) is 0 Å². The standard InChI is InChI=1S/C15H19N3O2/c1-12-10-13(4-5-14(12)20-2)15(19)17-6-3-8-18-9-7-16-11-18/h4-5,7,9-11H,3,6,8H2,1-2H3,(H,17,19). The lowest BCUT2D eigenvalue weighted by Crippen LogP contribution is -2.25. The molecule has 1 aromatic carbocycles. The van der Waals surface area contributed by atoms with Crippen LogP contribution in [0.2, 0.25) is 0 Å². The molecule has 0 bridgehead atoms. The van der Waals surface area contributed by atoms with Crippen molar-refractivity contribution in [2.24, 2.45) is 0 Å². The van der Waals surface area contributed by atoms with E-state index >= 15 is 0 Å². The molecule has 5 heteroatoms. The SMILES string of the molecule is COc1ccc(C(=O)NCCCn2ccnc2)cc1C. The van der Waals surface area contributed by atoms with Crippen molar-refractivity contribution in [3.63, 3.8) is 0 Å². The molecule has 1 N–H and O–H groups in total.